The molecule has 4 heteroatoms. The molecule has 1 aromatic carbocycles. The van der Waals surface area contributed by atoms with Crippen molar-refractivity contribution in [2.24, 2.45) is 0 Å². The molecule has 0 spiro atoms. The Balaban J connectivity index is 2.52. The summed E-state index contributed by atoms with van der Waals surface area (Å²) < 4.78 is 6.89. The summed E-state index contributed by atoms with van der Waals surface area (Å²) in [6.07, 6.45) is 3.89. The molecule has 0 unspecified atom stereocenters. The maximum atomic E-state index is 12.2. The largest absolute Gasteiger partial charge is 0.497 e. The van der Waals surface area contributed by atoms with Gasteiger partial charge in [-0.05, 0) is 29.8 Å². The topological polar surface area (TPSA) is 31.2 Å². The third-order valence-corrected chi connectivity index (χ3v) is 3.31. The van der Waals surface area contributed by atoms with Crippen LogP contribution in [0.15, 0.2) is 35.3 Å². The number of methoxy groups -OCH3 is 1. The predicted octanol–water partition coefficient (Wildman–Crippen LogP) is 2.37. The highest BCUT2D eigenvalue weighted by molar-refractivity contribution is 7.98. The third-order valence-electron chi connectivity index (χ3n) is 2.72. The Labute approximate surface area is 104 Å². The van der Waals surface area contributed by atoms with Gasteiger partial charge in [-0.15, -0.1) is 0 Å². The highest BCUT2D eigenvalue weighted by Crippen LogP contribution is 2.17. The van der Waals surface area contributed by atoms with E-state index in [1.807, 2.05) is 30.7 Å². The van der Waals surface area contributed by atoms with Crippen LogP contribution in [0.5, 0.6) is 5.75 Å². The second-order valence-corrected chi connectivity index (χ2v) is 4.75. The minimum Gasteiger partial charge on any atom is -0.497 e. The molecule has 0 aliphatic rings. The van der Waals surface area contributed by atoms with E-state index in [0.29, 0.717) is 5.39 Å². The van der Waals surface area contributed by atoms with E-state index in [-0.39, 0.29) is 5.56 Å². The van der Waals surface area contributed by atoms with Crippen LogP contribution in [0.3, 0.4) is 0 Å². The van der Waals surface area contributed by atoms with E-state index in [9.17, 15) is 4.79 Å². The lowest BCUT2D eigenvalue weighted by Crippen LogP contribution is -2.20. The van der Waals surface area contributed by atoms with Gasteiger partial charge in [-0.1, -0.05) is 6.07 Å². The van der Waals surface area contributed by atoms with Crippen LogP contribution in [0, 0.1) is 0 Å². The quantitative estimate of drug-likeness (QED) is 0.833. The molecule has 2 rings (SSSR count). The summed E-state index contributed by atoms with van der Waals surface area (Å²) in [6, 6.07) is 7.55. The minimum atomic E-state index is 0.0513. The van der Waals surface area contributed by atoms with Gasteiger partial charge in [0.05, 0.1) is 12.5 Å². The van der Waals surface area contributed by atoms with E-state index < -0.39 is 0 Å². The zero-order chi connectivity index (χ0) is 12.3. The average Bonchev–Trinajstić information content (AvgIpc) is 2.38. The number of benzene rings is 1. The van der Waals surface area contributed by atoms with Crippen molar-refractivity contribution in [3.8, 4) is 5.75 Å². The molecule has 0 N–H and O–H groups in total. The summed E-state index contributed by atoms with van der Waals surface area (Å²) in [5, 5.41) is 1.67. The predicted molar refractivity (Wildman–Crippen MR) is 73.1 cm³/mol. The highest BCUT2D eigenvalue weighted by atomic mass is 32.2. The second-order valence-electron chi connectivity index (χ2n) is 3.76. The molecular formula is C13H15NO2S. The van der Waals surface area contributed by atoms with Gasteiger partial charge >= 0.3 is 0 Å². The molecule has 0 radical (unpaired) electrons. The van der Waals surface area contributed by atoms with Gasteiger partial charge in [-0.3, -0.25) is 4.79 Å². The maximum Gasteiger partial charge on any atom is 0.258 e. The fraction of sp³-hybridized carbons (Fsp3) is 0.308. The Morgan fingerprint density at radius 3 is 2.88 bits per heavy atom. The van der Waals surface area contributed by atoms with Crippen LogP contribution in [0.25, 0.3) is 10.8 Å². The molecule has 0 aliphatic heterocycles. The average molecular weight is 249 g/mol. The van der Waals surface area contributed by atoms with E-state index in [0.717, 1.165) is 23.4 Å². The first kappa shape index (κ1) is 12.0. The van der Waals surface area contributed by atoms with E-state index in [1.165, 1.54) is 0 Å². The van der Waals surface area contributed by atoms with E-state index in [1.54, 1.807) is 29.5 Å². The number of nitrogens with zero attached hydrogens (tertiary/aromatic N) is 1. The Hall–Kier alpha value is -1.42. The van der Waals surface area contributed by atoms with Gasteiger partial charge in [0.2, 0.25) is 0 Å². The van der Waals surface area contributed by atoms with Gasteiger partial charge in [0.15, 0.2) is 0 Å². The van der Waals surface area contributed by atoms with E-state index in [4.69, 9.17) is 4.74 Å². The van der Waals surface area contributed by atoms with Crippen LogP contribution in [0.1, 0.15) is 0 Å². The molecule has 3 nitrogen and oxygen atoms in total. The molecule has 2 aromatic rings. The van der Waals surface area contributed by atoms with Crippen molar-refractivity contribution >= 4 is 22.5 Å². The second kappa shape index (κ2) is 5.27. The molecule has 1 aromatic heterocycles. The Morgan fingerprint density at radius 1 is 1.35 bits per heavy atom. The van der Waals surface area contributed by atoms with Gasteiger partial charge in [0.1, 0.15) is 5.75 Å². The van der Waals surface area contributed by atoms with Crippen molar-refractivity contribution in [2.45, 2.75) is 6.54 Å². The van der Waals surface area contributed by atoms with Crippen LogP contribution >= 0.6 is 11.8 Å². The van der Waals surface area contributed by atoms with Crippen molar-refractivity contribution in [3.63, 3.8) is 0 Å². The smallest absolute Gasteiger partial charge is 0.258 e. The fourth-order valence-electron chi connectivity index (χ4n) is 1.75. The number of aromatic nitrogens is 1. The van der Waals surface area contributed by atoms with Crippen LogP contribution in [-0.2, 0) is 6.54 Å². The fourth-order valence-corrected chi connectivity index (χ4v) is 2.13. The number of fused-ring (bicyclic) bond motifs is 1. The zero-order valence-electron chi connectivity index (χ0n) is 9.97. The Kier molecular flexibility index (Phi) is 3.74. The van der Waals surface area contributed by atoms with Gasteiger partial charge in [-0.2, -0.15) is 11.8 Å². The maximum absolute atomic E-state index is 12.2. The molecule has 1 heterocycles. The zero-order valence-corrected chi connectivity index (χ0v) is 10.8. The Bertz CT molecular complexity index is 577. The van der Waals surface area contributed by atoms with Gasteiger partial charge in [0, 0.05) is 18.5 Å². The molecule has 90 valence electrons. The number of hydrogen-bond acceptors (Lipinski definition) is 3. The lowest BCUT2D eigenvalue weighted by molar-refractivity contribution is 0.415. The first-order chi connectivity index (χ1) is 8.26. The monoisotopic (exact) mass is 249 g/mol. The summed E-state index contributed by atoms with van der Waals surface area (Å²) >= 11 is 1.73. The molecule has 0 atom stereocenters. The lowest BCUT2D eigenvalue weighted by Gasteiger charge is -2.07. The minimum absolute atomic E-state index is 0.0513. The van der Waals surface area contributed by atoms with Crippen LogP contribution in [-0.4, -0.2) is 23.7 Å². The first-order valence-electron chi connectivity index (χ1n) is 5.42. The summed E-state index contributed by atoms with van der Waals surface area (Å²) in [5.74, 6) is 1.66. The lowest BCUT2D eigenvalue weighted by atomic mass is 10.1. The number of thioether (sulfide) groups is 1. The van der Waals surface area contributed by atoms with Gasteiger partial charge in [-0.25, -0.2) is 0 Å². The number of rotatable bonds is 4. The van der Waals surface area contributed by atoms with Crippen LogP contribution < -0.4 is 10.3 Å². The number of ether oxygens (including phenoxy) is 1. The normalized spacial score (nSPS) is 10.7. The summed E-state index contributed by atoms with van der Waals surface area (Å²) in [5.41, 5.74) is 0.0513. The van der Waals surface area contributed by atoms with Crippen molar-refractivity contribution in [1.29, 1.82) is 0 Å². The van der Waals surface area contributed by atoms with Crippen molar-refractivity contribution in [1.82, 2.24) is 4.57 Å². The molecule has 0 amide bonds. The number of pyridine rings is 1. The molecule has 0 aliphatic carbocycles. The molecule has 0 saturated heterocycles. The summed E-state index contributed by atoms with van der Waals surface area (Å²) in [6.45, 7) is 0.743. The SMILES string of the molecule is COc1ccc2ccn(CCSC)c(=O)c2c1. The molecular weight excluding hydrogens is 234 g/mol. The van der Waals surface area contributed by atoms with Gasteiger partial charge in [0.25, 0.3) is 5.56 Å². The van der Waals surface area contributed by atoms with Crippen LogP contribution in [0.4, 0.5) is 0 Å². The summed E-state index contributed by atoms with van der Waals surface area (Å²) in [4.78, 5) is 12.2. The molecule has 0 saturated carbocycles. The third kappa shape index (κ3) is 2.47. The number of aryl methyl sites for hydroxylation is 1. The molecule has 17 heavy (non-hydrogen) atoms. The Morgan fingerprint density at radius 2 is 2.18 bits per heavy atom. The van der Waals surface area contributed by atoms with Crippen molar-refractivity contribution in [3.05, 3.63) is 40.8 Å². The van der Waals surface area contributed by atoms with Crippen molar-refractivity contribution < 1.29 is 4.74 Å². The molecule has 0 bridgehead atoms. The summed E-state index contributed by atoms with van der Waals surface area (Å²) in [7, 11) is 1.61. The first-order valence-corrected chi connectivity index (χ1v) is 6.82. The van der Waals surface area contributed by atoms with Crippen LogP contribution in [0.2, 0.25) is 0 Å². The van der Waals surface area contributed by atoms with Crippen molar-refractivity contribution in [2.75, 3.05) is 19.1 Å². The number of hydrogen-bond donors (Lipinski definition) is 0. The van der Waals surface area contributed by atoms with E-state index >= 15 is 0 Å². The molecule has 0 fully saturated rings. The van der Waals surface area contributed by atoms with Gasteiger partial charge < -0.3 is 9.30 Å². The van der Waals surface area contributed by atoms with E-state index in [2.05, 4.69) is 0 Å². The standard InChI is InChI=1S/C13H15NO2S/c1-16-11-4-3-10-5-6-14(7-8-17-2)13(15)12(10)9-11/h3-6,9H,7-8H2,1-2H3. The highest BCUT2D eigenvalue weighted by Gasteiger charge is 2.03.